The molecule has 0 saturated carbocycles. The number of benzene rings is 1. The zero-order valence-electron chi connectivity index (χ0n) is 10.2. The Hall–Kier alpha value is -1.97. The van der Waals surface area contributed by atoms with Crippen LogP contribution in [-0.4, -0.2) is 19.2 Å². The van der Waals surface area contributed by atoms with Gasteiger partial charge in [-0.25, -0.2) is 0 Å². The third kappa shape index (κ3) is 1.83. The second kappa shape index (κ2) is 4.37. The van der Waals surface area contributed by atoms with Crippen molar-refractivity contribution >= 4 is 16.9 Å². The third-order valence-electron chi connectivity index (χ3n) is 3.11. The molecule has 0 unspecified atom stereocenters. The van der Waals surface area contributed by atoms with Crippen LogP contribution in [0.3, 0.4) is 0 Å². The van der Waals surface area contributed by atoms with E-state index in [0.717, 1.165) is 35.3 Å². The van der Waals surface area contributed by atoms with E-state index >= 15 is 0 Å². The minimum Gasteiger partial charge on any atom is -0.493 e. The van der Waals surface area contributed by atoms with Gasteiger partial charge >= 0.3 is 5.97 Å². The number of fused-ring (bicyclic) bond motifs is 2. The van der Waals surface area contributed by atoms with Crippen LogP contribution >= 0.6 is 0 Å². The highest BCUT2D eigenvalue weighted by molar-refractivity contribution is 5.87. The first-order valence-corrected chi connectivity index (χ1v) is 6.09. The summed E-state index contributed by atoms with van der Waals surface area (Å²) in [5, 5.41) is 0.979. The molecule has 2 heterocycles. The van der Waals surface area contributed by atoms with Crippen LogP contribution in [0, 0.1) is 0 Å². The first kappa shape index (κ1) is 11.1. The van der Waals surface area contributed by atoms with Crippen molar-refractivity contribution in [3.8, 4) is 5.75 Å². The molecule has 2 aromatic rings. The topological polar surface area (TPSA) is 48.7 Å². The molecule has 0 radical (unpaired) electrons. The van der Waals surface area contributed by atoms with Gasteiger partial charge in [-0.15, -0.1) is 0 Å². The Balaban J connectivity index is 1.96. The van der Waals surface area contributed by atoms with E-state index in [4.69, 9.17) is 13.9 Å². The molecule has 4 heteroatoms. The number of carbonyl (C=O) groups excluding carboxylic acids is 1. The minimum atomic E-state index is -0.225. The maximum Gasteiger partial charge on any atom is 0.310 e. The largest absolute Gasteiger partial charge is 0.493 e. The van der Waals surface area contributed by atoms with Gasteiger partial charge in [0.1, 0.15) is 11.3 Å². The monoisotopic (exact) mass is 246 g/mol. The first-order valence-electron chi connectivity index (χ1n) is 6.09. The second-order valence-electron chi connectivity index (χ2n) is 4.30. The molecular weight excluding hydrogens is 232 g/mol. The summed E-state index contributed by atoms with van der Waals surface area (Å²) in [4.78, 5) is 11.5. The van der Waals surface area contributed by atoms with Crippen LogP contribution in [0.15, 0.2) is 22.8 Å². The highest BCUT2D eigenvalue weighted by atomic mass is 16.5. The van der Waals surface area contributed by atoms with Crippen LogP contribution in [0.5, 0.6) is 5.75 Å². The molecule has 0 atom stereocenters. The molecule has 4 nitrogen and oxygen atoms in total. The summed E-state index contributed by atoms with van der Waals surface area (Å²) in [5.74, 6) is 0.663. The number of hydrogen-bond donors (Lipinski definition) is 0. The summed E-state index contributed by atoms with van der Waals surface area (Å²) in [6, 6.07) is 3.95. The van der Waals surface area contributed by atoms with Crippen molar-refractivity contribution in [1.29, 1.82) is 0 Å². The number of hydrogen-bond acceptors (Lipinski definition) is 4. The van der Waals surface area contributed by atoms with Crippen molar-refractivity contribution in [3.63, 3.8) is 0 Å². The van der Waals surface area contributed by atoms with Crippen LogP contribution in [-0.2, 0) is 22.4 Å². The molecule has 1 aromatic carbocycles. The summed E-state index contributed by atoms with van der Waals surface area (Å²) >= 11 is 0. The summed E-state index contributed by atoms with van der Waals surface area (Å²) in [5.41, 5.74) is 2.81. The van der Waals surface area contributed by atoms with Crippen LogP contribution in [0.2, 0.25) is 0 Å². The van der Waals surface area contributed by atoms with E-state index < -0.39 is 0 Å². The van der Waals surface area contributed by atoms with Crippen molar-refractivity contribution in [3.05, 3.63) is 29.5 Å². The molecule has 1 aliphatic heterocycles. The molecule has 3 rings (SSSR count). The molecule has 1 aliphatic rings. The maximum absolute atomic E-state index is 11.5. The maximum atomic E-state index is 11.5. The molecule has 0 fully saturated rings. The molecule has 0 bridgehead atoms. The molecular formula is C14H14O4. The normalized spacial score (nSPS) is 13.4. The fourth-order valence-corrected chi connectivity index (χ4v) is 2.26. The van der Waals surface area contributed by atoms with Gasteiger partial charge in [0.05, 0.1) is 25.9 Å². The molecule has 0 amide bonds. The lowest BCUT2D eigenvalue weighted by Gasteiger charge is -2.01. The Morgan fingerprint density at radius 3 is 3.17 bits per heavy atom. The summed E-state index contributed by atoms with van der Waals surface area (Å²) in [6.07, 6.45) is 2.78. The van der Waals surface area contributed by atoms with Gasteiger partial charge in [-0.1, -0.05) is 0 Å². The summed E-state index contributed by atoms with van der Waals surface area (Å²) in [7, 11) is 0. The van der Waals surface area contributed by atoms with Crippen molar-refractivity contribution in [1.82, 2.24) is 0 Å². The lowest BCUT2D eigenvalue weighted by Crippen LogP contribution is -2.06. The summed E-state index contributed by atoms with van der Waals surface area (Å²) in [6.45, 7) is 2.92. The molecule has 0 N–H and O–H groups in total. The molecule has 18 heavy (non-hydrogen) atoms. The predicted octanol–water partition coefficient (Wildman–Crippen LogP) is 2.47. The average molecular weight is 246 g/mol. The fraction of sp³-hybridized carbons (Fsp3) is 0.357. The van der Waals surface area contributed by atoms with E-state index in [2.05, 4.69) is 6.07 Å². The number of rotatable bonds is 3. The molecule has 1 aromatic heterocycles. The molecule has 0 spiro atoms. The van der Waals surface area contributed by atoms with Gasteiger partial charge in [-0.05, 0) is 18.6 Å². The van der Waals surface area contributed by atoms with Gasteiger partial charge in [-0.3, -0.25) is 4.79 Å². The van der Waals surface area contributed by atoms with Crippen LogP contribution < -0.4 is 4.74 Å². The molecule has 0 saturated heterocycles. The Kier molecular flexibility index (Phi) is 2.70. The first-order chi connectivity index (χ1) is 8.78. The number of furan rings is 1. The van der Waals surface area contributed by atoms with Crippen molar-refractivity contribution in [2.24, 2.45) is 0 Å². The van der Waals surface area contributed by atoms with Gasteiger partial charge in [-0.2, -0.15) is 0 Å². The predicted molar refractivity (Wildman–Crippen MR) is 65.8 cm³/mol. The van der Waals surface area contributed by atoms with Gasteiger partial charge in [0.25, 0.3) is 0 Å². The highest BCUT2D eigenvalue weighted by Crippen LogP contribution is 2.33. The molecule has 94 valence electrons. The smallest absolute Gasteiger partial charge is 0.310 e. The Morgan fingerprint density at radius 2 is 2.33 bits per heavy atom. The number of ether oxygens (including phenoxy) is 2. The minimum absolute atomic E-state index is 0.225. The van der Waals surface area contributed by atoms with E-state index in [9.17, 15) is 4.79 Å². The lowest BCUT2D eigenvalue weighted by molar-refractivity contribution is -0.142. The Morgan fingerprint density at radius 1 is 1.44 bits per heavy atom. The lowest BCUT2D eigenvalue weighted by atomic mass is 10.1. The van der Waals surface area contributed by atoms with Gasteiger partial charge in [0, 0.05) is 23.4 Å². The van der Waals surface area contributed by atoms with E-state index in [0.29, 0.717) is 6.61 Å². The van der Waals surface area contributed by atoms with Crippen molar-refractivity contribution in [2.75, 3.05) is 13.2 Å². The number of esters is 1. The van der Waals surface area contributed by atoms with E-state index in [-0.39, 0.29) is 12.4 Å². The zero-order valence-corrected chi connectivity index (χ0v) is 10.2. The van der Waals surface area contributed by atoms with E-state index in [1.165, 1.54) is 5.56 Å². The average Bonchev–Trinajstić information content (AvgIpc) is 2.94. The third-order valence-corrected chi connectivity index (χ3v) is 3.11. The fourth-order valence-electron chi connectivity index (χ4n) is 2.26. The van der Waals surface area contributed by atoms with Crippen molar-refractivity contribution in [2.45, 2.75) is 19.8 Å². The van der Waals surface area contributed by atoms with Crippen LogP contribution in [0.25, 0.3) is 11.0 Å². The Bertz CT molecular complexity index is 597. The summed E-state index contributed by atoms with van der Waals surface area (Å²) < 4.78 is 15.9. The second-order valence-corrected chi connectivity index (χ2v) is 4.30. The van der Waals surface area contributed by atoms with Crippen molar-refractivity contribution < 1.29 is 18.7 Å². The van der Waals surface area contributed by atoms with Crippen LogP contribution in [0.4, 0.5) is 0 Å². The standard InChI is InChI=1S/C14H14O4/c1-2-16-14(15)6-10-8-18-13-7-12-9(3-4-17-12)5-11(10)13/h5,7-8H,2-4,6H2,1H3. The van der Waals surface area contributed by atoms with E-state index in [1.807, 2.05) is 6.07 Å². The molecule has 0 aliphatic carbocycles. The van der Waals surface area contributed by atoms with Gasteiger partial charge in [0.15, 0.2) is 0 Å². The zero-order chi connectivity index (χ0) is 12.5. The number of carbonyl (C=O) groups is 1. The van der Waals surface area contributed by atoms with E-state index in [1.54, 1.807) is 13.2 Å². The van der Waals surface area contributed by atoms with Gasteiger partial charge in [0.2, 0.25) is 0 Å². The quantitative estimate of drug-likeness (QED) is 0.780. The SMILES string of the molecule is CCOC(=O)Cc1coc2cc3c(cc12)CCO3. The Labute approximate surface area is 104 Å². The van der Waals surface area contributed by atoms with Gasteiger partial charge < -0.3 is 13.9 Å². The highest BCUT2D eigenvalue weighted by Gasteiger charge is 2.17. The van der Waals surface area contributed by atoms with Crippen LogP contribution in [0.1, 0.15) is 18.1 Å².